The molecule has 0 aliphatic carbocycles. The number of imidazole rings is 2. The minimum atomic E-state index is -2.29. The van der Waals surface area contributed by atoms with Crippen LogP contribution in [0.1, 0.15) is 48.0 Å². The second-order valence-corrected chi connectivity index (χ2v) is 51.9. The fourth-order valence-corrected chi connectivity index (χ4v) is 18.5. The zero-order valence-electron chi connectivity index (χ0n) is 67.6. The molecule has 115 heavy (non-hydrogen) atoms. The van der Waals surface area contributed by atoms with Crippen LogP contribution in [0.15, 0.2) is 151 Å². The first-order chi connectivity index (χ1) is 54.3. The molecule has 9 aromatic rings. The van der Waals surface area contributed by atoms with E-state index in [0.29, 0.717) is 93.6 Å². The number of nitrogens with zero attached hydrogens (tertiary/aromatic N) is 8. The van der Waals surface area contributed by atoms with Gasteiger partial charge < -0.3 is 62.1 Å². The van der Waals surface area contributed by atoms with E-state index < -0.39 is 102 Å². The van der Waals surface area contributed by atoms with Gasteiger partial charge in [-0.15, -0.1) is 0 Å². The number of aromatic nitrogens is 6. The lowest BCUT2D eigenvalue weighted by atomic mass is 9.79. The van der Waals surface area contributed by atoms with Gasteiger partial charge in [0.1, 0.15) is 82.0 Å². The topological polar surface area (TPSA) is 294 Å². The molecule has 9 heterocycles. The first-order valence-electron chi connectivity index (χ1n) is 38.2. The number of aliphatic hydroxyl groups is 2. The fourth-order valence-electron chi connectivity index (χ4n) is 12.9. The van der Waals surface area contributed by atoms with Crippen LogP contribution < -0.4 is 24.4 Å². The minimum Gasteiger partial charge on any atom is -0.456 e. The summed E-state index contributed by atoms with van der Waals surface area (Å²) in [6.45, 7) is 29.3. The molecular weight excluding hydrogens is 1730 g/mol. The molecule has 0 amide bonds. The lowest BCUT2D eigenvalue weighted by Gasteiger charge is -2.32. The summed E-state index contributed by atoms with van der Waals surface area (Å²) in [6.07, 6.45) is 1.97. The van der Waals surface area contributed by atoms with Gasteiger partial charge in [0.15, 0.2) is 23.5 Å². The van der Waals surface area contributed by atoms with E-state index in [0.717, 1.165) is 66.5 Å². The molecule has 14 rings (SSSR count). The molecule has 4 aromatic heterocycles. The lowest BCUT2D eigenvalue weighted by Crippen LogP contribution is -2.41. The number of rotatable bonds is 26. The molecule has 35 heteroatoms. The molecule has 5 aliphatic heterocycles. The molecule has 11 atom stereocenters. The molecule has 0 spiro atoms. The number of hydrogen-bond acceptors (Lipinski definition) is 21. The van der Waals surface area contributed by atoms with Crippen molar-refractivity contribution in [3.05, 3.63) is 152 Å². The highest BCUT2D eigenvalue weighted by molar-refractivity contribution is 9.10. The van der Waals surface area contributed by atoms with Crippen LogP contribution >= 0.6 is 55.1 Å². The zero-order valence-corrected chi connectivity index (χ0v) is 76.7. The second kappa shape index (κ2) is 38.8. The number of nitrogens with one attached hydrogen (secondary N) is 2. The number of hydrogen-bond donors (Lipinski definition) is 4. The van der Waals surface area contributed by atoms with Crippen LogP contribution in [-0.4, -0.2) is 206 Å². The van der Waals surface area contributed by atoms with Crippen LogP contribution in [0.5, 0.6) is 12.0 Å². The normalized spacial score (nSPS) is 22.0. The Bertz CT molecular complexity index is 5080. The summed E-state index contributed by atoms with van der Waals surface area (Å²) >= 11 is 20.2. The number of benzene rings is 5. The van der Waals surface area contributed by atoms with Crippen molar-refractivity contribution in [1.29, 1.82) is 0 Å². The Balaban J connectivity index is 0.000000175. The van der Waals surface area contributed by atoms with Gasteiger partial charge in [-0.2, -0.15) is 18.7 Å². The average molecular weight is 1840 g/mol. The van der Waals surface area contributed by atoms with Gasteiger partial charge in [0.05, 0.1) is 70.4 Å². The quantitative estimate of drug-likeness (QED) is 0.0289. The first kappa shape index (κ1) is 90.2. The van der Waals surface area contributed by atoms with Crippen LogP contribution in [0, 0.1) is 0 Å². The third-order valence-electron chi connectivity index (χ3n) is 19.8. The molecule has 0 radical (unpaired) electrons. The second-order valence-electron chi connectivity index (χ2n) is 32.3. The van der Waals surface area contributed by atoms with Gasteiger partial charge in [-0.3, -0.25) is 9.13 Å². The Kier molecular flexibility index (Phi) is 30.5. The van der Waals surface area contributed by atoms with E-state index in [4.69, 9.17) is 90.3 Å². The van der Waals surface area contributed by atoms with Crippen LogP contribution in [-0.2, 0) is 81.8 Å². The summed E-state index contributed by atoms with van der Waals surface area (Å²) in [5, 5.41) is 21.3. The summed E-state index contributed by atoms with van der Waals surface area (Å²) in [7, 11) is -8.53. The van der Waals surface area contributed by atoms with E-state index in [2.05, 4.69) is 89.3 Å². The predicted molar refractivity (Wildman–Crippen MR) is 472 cm³/mol. The summed E-state index contributed by atoms with van der Waals surface area (Å²) in [5.41, 5.74) is 9.75. The van der Waals surface area contributed by atoms with Gasteiger partial charge in [-0.1, -0.05) is 169 Å². The van der Waals surface area contributed by atoms with E-state index in [1.54, 1.807) is 30.9 Å². The molecule has 3 unspecified atom stereocenters. The standard InChI is InChI=1S/C34H43ClN4O6SSi.C30H41BClN3O7Si.C9H13BrN2OS.C7H8BrNOS/c1-6-16-46(2,41)38-25-13-11-23(12-14-25)22-7-9-24(10-8-22)30-26(35)18-27-33(37-30)39(21-42-15-17-47(3,4)5)34(36-27)45-29-20-44-31-28(40)19-43-32(29)31;1-29(2)30(3,4)42-31(41-29)19-10-8-18(9-11-19)24-20(32)14-21-27(34-24)35(17-37-12-13-43(5,6)7)28(33-21)40-23-16-39-25-22(36)15-38-26(23)25;1-3-11-14(2,13)12-9-6-4-8(10)5-7-9;1-11(10)9-7-4-2-6(8)3-5-7/h7-14,18,28-29,31-32,40H,6,15-17,19-21H2,1-5H3;8-11,14,22-23,25-26,36H,12-13,15-17H2,1-7H3;4-7H,3H2,1-2H3,(H,11,12,13);2-5,9H,1H3/t28-,29-,31-,32-,46?;22-,23-,25-,26-;;/m11../s1. The number of aliphatic hydroxyl groups excluding tert-OH is 2. The predicted octanol–water partition coefficient (Wildman–Crippen LogP) is 15.9. The maximum atomic E-state index is 12.6. The van der Waals surface area contributed by atoms with E-state index in [-0.39, 0.29) is 45.5 Å². The smallest absolute Gasteiger partial charge is 0.456 e. The SMILES string of the molecule is CC1(C)OB(c2ccc(-c3nc4c(cc3Cl)nc(O[C@@H]3CO[C@H]5[C@@H]3OC[C@H]5O)n4COCC[Si](C)(C)C)cc2)OC1(C)C.CCCS(C)(=O)=Nc1ccc(-c2ccc(-c3nc4c(cc3Cl)nc(O[C@@H]3CO[C@H]5[C@@H]3OC[C@H]5O)n4COCC[Si](C)(C)C)cc2)cc1.CCNS(C)(=O)=Nc1ccc(Br)cc1.CS(=O)Nc1ccc(Br)cc1. The van der Waals surface area contributed by atoms with Crippen molar-refractivity contribution in [1.82, 2.24) is 33.8 Å². The Morgan fingerprint density at radius 3 is 1.42 bits per heavy atom. The molecule has 25 nitrogen and oxygen atoms in total. The van der Waals surface area contributed by atoms with Crippen molar-refractivity contribution >= 4 is 154 Å². The summed E-state index contributed by atoms with van der Waals surface area (Å²) in [6, 6.07) is 45.0. The number of anilines is 1. The Morgan fingerprint density at radius 2 is 0.991 bits per heavy atom. The van der Waals surface area contributed by atoms with E-state index >= 15 is 0 Å². The van der Waals surface area contributed by atoms with Crippen molar-refractivity contribution in [3.63, 3.8) is 0 Å². The van der Waals surface area contributed by atoms with Gasteiger partial charge in [0.2, 0.25) is 0 Å². The van der Waals surface area contributed by atoms with Crippen molar-refractivity contribution < 1.29 is 70.0 Å². The van der Waals surface area contributed by atoms with Gasteiger partial charge in [-0.25, -0.2) is 27.3 Å². The van der Waals surface area contributed by atoms with Gasteiger partial charge in [-0.05, 0) is 136 Å². The van der Waals surface area contributed by atoms with Crippen molar-refractivity contribution in [2.45, 2.75) is 173 Å². The summed E-state index contributed by atoms with van der Waals surface area (Å²) < 4.78 is 115. The molecule has 5 aromatic carbocycles. The monoisotopic (exact) mass is 1840 g/mol. The van der Waals surface area contributed by atoms with Crippen LogP contribution in [0.2, 0.25) is 61.4 Å². The molecule has 0 bridgehead atoms. The highest BCUT2D eigenvalue weighted by Crippen LogP contribution is 2.40. The van der Waals surface area contributed by atoms with E-state index in [1.165, 1.54) is 0 Å². The number of ether oxygens (including phenoxy) is 8. The average Bonchev–Trinajstić information content (AvgIpc) is 1.63. The molecule has 5 aliphatic rings. The lowest BCUT2D eigenvalue weighted by molar-refractivity contribution is 0.00332. The zero-order chi connectivity index (χ0) is 83.0. The Morgan fingerprint density at radius 1 is 0.591 bits per heavy atom. The highest BCUT2D eigenvalue weighted by atomic mass is 79.9. The third kappa shape index (κ3) is 24.1. The van der Waals surface area contributed by atoms with Crippen molar-refractivity contribution in [2.24, 2.45) is 8.73 Å². The first-order valence-corrected chi connectivity index (χ1v) is 53.6. The Labute approximate surface area is 707 Å². The van der Waals surface area contributed by atoms with Crippen molar-refractivity contribution in [2.75, 3.05) is 75.4 Å². The molecule has 5 fully saturated rings. The highest BCUT2D eigenvalue weighted by Gasteiger charge is 2.53. The molecular formula is C80H105BBr2Cl2N10O15S3Si2. The number of pyridine rings is 2. The van der Waals surface area contributed by atoms with Crippen LogP contribution in [0.4, 0.5) is 17.1 Å². The number of halogens is 4. The molecule has 0 saturated carbocycles. The van der Waals surface area contributed by atoms with Crippen molar-refractivity contribution in [3.8, 4) is 45.7 Å². The van der Waals surface area contributed by atoms with Gasteiger partial charge in [0, 0.05) is 95.9 Å². The Hall–Kier alpha value is -5.61. The largest absolute Gasteiger partial charge is 0.494 e. The molecule has 622 valence electrons. The molecule has 5 saturated heterocycles. The van der Waals surface area contributed by atoms with Gasteiger partial charge in [0.25, 0.3) is 0 Å². The molecule has 4 N–H and O–H groups in total. The number of fused-ring (bicyclic) bond motifs is 4. The van der Waals surface area contributed by atoms with Crippen LogP contribution in [0.3, 0.4) is 0 Å². The maximum absolute atomic E-state index is 12.6. The van der Waals surface area contributed by atoms with Crippen LogP contribution in [0.25, 0.3) is 56.0 Å². The fraction of sp³-hybridized carbons (Fsp3) is 0.475. The summed E-state index contributed by atoms with van der Waals surface area (Å²) in [5.74, 6) is 0.579. The maximum Gasteiger partial charge on any atom is 0.494 e. The summed E-state index contributed by atoms with van der Waals surface area (Å²) in [4.78, 5) is 19.4. The van der Waals surface area contributed by atoms with Gasteiger partial charge >= 0.3 is 19.1 Å². The third-order valence-corrected chi connectivity index (χ3v) is 28.5. The van der Waals surface area contributed by atoms with E-state index in [1.807, 2.05) is 172 Å². The van der Waals surface area contributed by atoms with E-state index in [9.17, 15) is 22.8 Å². The minimum absolute atomic E-state index is 0.211.